The quantitative estimate of drug-likeness (QED) is 0.544. The maximum Gasteiger partial charge on any atom is 0.260 e. The first-order valence-electron chi connectivity index (χ1n) is 8.27. The summed E-state index contributed by atoms with van der Waals surface area (Å²) >= 11 is 18.5. The van der Waals surface area contributed by atoms with Gasteiger partial charge in [0.25, 0.3) is 5.95 Å². The van der Waals surface area contributed by atoms with Crippen molar-refractivity contribution >= 4 is 40.8 Å². The minimum atomic E-state index is 0.140. The molecule has 2 aromatic carbocycles. The van der Waals surface area contributed by atoms with Gasteiger partial charge in [0.2, 0.25) is 0 Å². The molecule has 11 heteroatoms. The molecule has 3 rings (SSSR count). The number of nitrogens with two attached hydrogens (primary N) is 1. The van der Waals surface area contributed by atoms with Gasteiger partial charge >= 0.3 is 0 Å². The first kappa shape index (κ1) is 20.3. The van der Waals surface area contributed by atoms with Crippen molar-refractivity contribution in [3.63, 3.8) is 0 Å². The fourth-order valence-corrected chi connectivity index (χ4v) is 3.04. The molecule has 0 bridgehead atoms. The summed E-state index contributed by atoms with van der Waals surface area (Å²) in [5, 5.41) is 12.3. The van der Waals surface area contributed by atoms with E-state index in [2.05, 4.69) is 21.0 Å². The van der Waals surface area contributed by atoms with Crippen LogP contribution >= 0.6 is 34.8 Å². The molecule has 28 heavy (non-hydrogen) atoms. The van der Waals surface area contributed by atoms with Crippen LogP contribution in [0.3, 0.4) is 0 Å². The predicted octanol–water partition coefficient (Wildman–Crippen LogP) is 3.94. The molecule has 1 heterocycles. The molecule has 3 aromatic rings. The largest absolute Gasteiger partial charge is 0.490 e. The summed E-state index contributed by atoms with van der Waals surface area (Å²) in [6.45, 7) is 2.92. The van der Waals surface area contributed by atoms with Crippen LogP contribution in [0.25, 0.3) is 0 Å². The maximum absolute atomic E-state index is 6.40. The number of anilines is 1. The van der Waals surface area contributed by atoms with E-state index in [1.54, 1.807) is 24.3 Å². The van der Waals surface area contributed by atoms with E-state index in [0.717, 1.165) is 11.1 Å². The molecule has 0 fully saturated rings. The van der Waals surface area contributed by atoms with Crippen LogP contribution in [0.5, 0.6) is 11.5 Å². The molecule has 0 aliphatic rings. The standard InChI is InChI=1S/C17H17Cl3N6O2/c1-2-27-15-5-11(8-22-26-17(21)23-24-25-26)14(20)7-16(15)28-9-10-3-4-12(18)6-13(10)19/h3-7,22H,2,8-9H2,1H3,(H2,21,23,25). The lowest BCUT2D eigenvalue weighted by Gasteiger charge is -2.16. The minimum Gasteiger partial charge on any atom is -0.490 e. The van der Waals surface area contributed by atoms with Gasteiger partial charge in [0, 0.05) is 26.7 Å². The van der Waals surface area contributed by atoms with Gasteiger partial charge in [0.1, 0.15) is 6.61 Å². The summed E-state index contributed by atoms with van der Waals surface area (Å²) in [5.74, 6) is 1.20. The highest BCUT2D eigenvalue weighted by atomic mass is 35.5. The molecule has 0 aliphatic carbocycles. The zero-order chi connectivity index (χ0) is 20.1. The highest BCUT2D eigenvalue weighted by Gasteiger charge is 2.13. The van der Waals surface area contributed by atoms with Crippen molar-refractivity contribution in [3.05, 3.63) is 56.5 Å². The second kappa shape index (κ2) is 9.18. The van der Waals surface area contributed by atoms with Crippen molar-refractivity contribution in [2.24, 2.45) is 0 Å². The number of halogens is 3. The molecule has 0 saturated heterocycles. The average molecular weight is 444 g/mol. The number of rotatable bonds is 8. The highest BCUT2D eigenvalue weighted by molar-refractivity contribution is 6.35. The number of hydrogen-bond donors (Lipinski definition) is 2. The molecule has 3 N–H and O–H groups in total. The normalized spacial score (nSPS) is 10.7. The van der Waals surface area contributed by atoms with Gasteiger partial charge in [-0.3, -0.25) is 0 Å². The monoisotopic (exact) mass is 442 g/mol. The van der Waals surface area contributed by atoms with Crippen LogP contribution < -0.4 is 20.6 Å². The van der Waals surface area contributed by atoms with Crippen molar-refractivity contribution in [3.8, 4) is 11.5 Å². The lowest BCUT2D eigenvalue weighted by molar-refractivity contribution is 0.269. The Labute approximate surface area is 176 Å². The van der Waals surface area contributed by atoms with Crippen molar-refractivity contribution in [2.45, 2.75) is 20.1 Å². The van der Waals surface area contributed by atoms with Crippen LogP contribution in [-0.4, -0.2) is 26.9 Å². The number of nitrogens with zero attached hydrogens (tertiary/aromatic N) is 4. The number of hydrogen-bond acceptors (Lipinski definition) is 7. The van der Waals surface area contributed by atoms with E-state index < -0.39 is 0 Å². The van der Waals surface area contributed by atoms with Crippen LogP contribution in [0.15, 0.2) is 30.3 Å². The molecule has 0 amide bonds. The number of nitrogens with one attached hydrogen (secondary N) is 1. The summed E-state index contributed by atoms with van der Waals surface area (Å²) in [6, 6.07) is 8.70. The van der Waals surface area contributed by atoms with Crippen LogP contribution in [0, 0.1) is 0 Å². The Kier molecular flexibility index (Phi) is 6.66. The van der Waals surface area contributed by atoms with Crippen LogP contribution in [0.2, 0.25) is 15.1 Å². The molecule has 148 valence electrons. The molecular weight excluding hydrogens is 427 g/mol. The van der Waals surface area contributed by atoms with Gasteiger partial charge in [-0.25, -0.2) is 0 Å². The summed E-state index contributed by atoms with van der Waals surface area (Å²) in [6.07, 6.45) is 0. The van der Waals surface area contributed by atoms with E-state index in [1.165, 1.54) is 4.79 Å². The van der Waals surface area contributed by atoms with E-state index in [9.17, 15) is 0 Å². The van der Waals surface area contributed by atoms with Crippen LogP contribution in [0.4, 0.5) is 5.95 Å². The third kappa shape index (κ3) is 4.89. The zero-order valence-corrected chi connectivity index (χ0v) is 17.1. The van der Waals surface area contributed by atoms with E-state index in [0.29, 0.717) is 39.7 Å². The van der Waals surface area contributed by atoms with Crippen LogP contribution in [-0.2, 0) is 13.2 Å². The van der Waals surface area contributed by atoms with E-state index in [-0.39, 0.29) is 12.6 Å². The van der Waals surface area contributed by atoms with E-state index in [1.807, 2.05) is 13.0 Å². The Bertz CT molecular complexity index is 966. The maximum atomic E-state index is 6.40. The summed E-state index contributed by atoms with van der Waals surface area (Å²) in [5.41, 5.74) is 10.1. The SMILES string of the molecule is CCOc1cc(CNn2nnnc2N)c(Cl)cc1OCc1ccc(Cl)cc1Cl. The van der Waals surface area contributed by atoms with Gasteiger partial charge in [-0.15, -0.1) is 4.79 Å². The molecule has 0 atom stereocenters. The van der Waals surface area contributed by atoms with Crippen molar-refractivity contribution in [2.75, 3.05) is 17.8 Å². The smallest absolute Gasteiger partial charge is 0.260 e. The van der Waals surface area contributed by atoms with Gasteiger partial charge in [-0.05, 0) is 41.1 Å². The Morgan fingerprint density at radius 2 is 1.79 bits per heavy atom. The molecule has 0 radical (unpaired) electrons. The van der Waals surface area contributed by atoms with Crippen molar-refractivity contribution < 1.29 is 9.47 Å². The lowest BCUT2D eigenvalue weighted by Crippen LogP contribution is -2.18. The third-order valence-corrected chi connectivity index (χ3v) is 4.66. The first-order valence-corrected chi connectivity index (χ1v) is 9.41. The van der Waals surface area contributed by atoms with Crippen molar-refractivity contribution in [1.29, 1.82) is 0 Å². The Morgan fingerprint density at radius 1 is 1.04 bits per heavy atom. The minimum absolute atomic E-state index is 0.140. The van der Waals surface area contributed by atoms with E-state index >= 15 is 0 Å². The Balaban J connectivity index is 1.77. The molecule has 0 unspecified atom stereocenters. The topological polar surface area (TPSA) is 100 Å². The Hall–Kier alpha value is -2.42. The van der Waals surface area contributed by atoms with Crippen molar-refractivity contribution in [1.82, 2.24) is 20.3 Å². The average Bonchev–Trinajstić information content (AvgIpc) is 3.06. The number of ether oxygens (including phenoxy) is 2. The number of tetrazole rings is 1. The zero-order valence-electron chi connectivity index (χ0n) is 14.8. The fraction of sp³-hybridized carbons (Fsp3) is 0.235. The van der Waals surface area contributed by atoms with Gasteiger partial charge in [-0.2, -0.15) is 0 Å². The van der Waals surface area contributed by atoms with E-state index in [4.69, 9.17) is 50.0 Å². The molecule has 8 nitrogen and oxygen atoms in total. The number of aromatic nitrogens is 4. The lowest BCUT2D eigenvalue weighted by atomic mass is 10.2. The molecule has 0 aliphatic heterocycles. The van der Waals surface area contributed by atoms with Gasteiger partial charge in [0.05, 0.1) is 13.2 Å². The summed E-state index contributed by atoms with van der Waals surface area (Å²) < 4.78 is 11.6. The number of nitrogen functional groups attached to an aromatic ring is 1. The molecule has 0 spiro atoms. The Morgan fingerprint density at radius 3 is 2.46 bits per heavy atom. The fourth-order valence-electron chi connectivity index (χ4n) is 2.35. The van der Waals surface area contributed by atoms with Crippen LogP contribution in [0.1, 0.15) is 18.1 Å². The highest BCUT2D eigenvalue weighted by Crippen LogP contribution is 2.35. The second-order valence-corrected chi connectivity index (χ2v) is 6.88. The molecular formula is C17H17Cl3N6O2. The first-order chi connectivity index (χ1) is 13.5. The van der Waals surface area contributed by atoms with Gasteiger partial charge in [-0.1, -0.05) is 46.0 Å². The van der Waals surface area contributed by atoms with Gasteiger partial charge < -0.3 is 20.6 Å². The molecule has 0 saturated carbocycles. The summed E-state index contributed by atoms with van der Waals surface area (Å²) in [4.78, 5) is 1.25. The predicted molar refractivity (Wildman–Crippen MR) is 109 cm³/mol. The summed E-state index contributed by atoms with van der Waals surface area (Å²) in [7, 11) is 0. The third-order valence-electron chi connectivity index (χ3n) is 3.72. The second-order valence-electron chi connectivity index (χ2n) is 5.63. The number of benzene rings is 2. The molecule has 1 aromatic heterocycles. The van der Waals surface area contributed by atoms with Gasteiger partial charge in [0.15, 0.2) is 11.5 Å².